The van der Waals surface area contributed by atoms with E-state index in [9.17, 15) is 89.0 Å². The molecule has 0 spiro atoms. The van der Waals surface area contributed by atoms with Crippen molar-refractivity contribution in [1.82, 2.24) is 0 Å². The van der Waals surface area contributed by atoms with Gasteiger partial charge < -0.3 is 14.6 Å². The van der Waals surface area contributed by atoms with Crippen molar-refractivity contribution in [3.05, 3.63) is 36.5 Å². The topological polar surface area (TPSA) is 89.9 Å². The maximum Gasteiger partial charge on any atom is 0.473 e. The van der Waals surface area contributed by atoms with Crippen molar-refractivity contribution in [2.24, 2.45) is 0 Å². The van der Waals surface area contributed by atoms with Crippen LogP contribution in [0.2, 0.25) is 0 Å². The van der Waals surface area contributed by atoms with E-state index in [0.717, 1.165) is 0 Å². The van der Waals surface area contributed by atoms with Crippen molar-refractivity contribution in [1.29, 1.82) is 0 Å². The predicted octanol–water partition coefficient (Wildman–Crippen LogP) is 8.24. The SMILES string of the molecule is C=C(C)C(=O)O.C=C(C)C(=O)OC.C=C(C)C(=O)OC(F)(F)C(F)(F)C(F)(F)C(F)(F)C(F)(F)C(F)(F)C(F)(F)CCC(F)(F)F. The van der Waals surface area contributed by atoms with Gasteiger partial charge in [0.05, 0.1) is 7.11 Å². The summed E-state index contributed by atoms with van der Waals surface area (Å²) in [5.74, 6) is -52.0. The van der Waals surface area contributed by atoms with Gasteiger partial charge in [0.1, 0.15) is 0 Å². The Morgan fingerprint density at radius 1 is 0.543 bits per heavy atom. The van der Waals surface area contributed by atoms with Gasteiger partial charge >= 0.3 is 65.7 Å². The number of alkyl halides is 17. The molecule has 270 valence electrons. The molecule has 0 unspecified atom stereocenters. The first-order chi connectivity index (χ1) is 19.9. The van der Waals surface area contributed by atoms with Crippen LogP contribution in [0.25, 0.3) is 0 Å². The van der Waals surface area contributed by atoms with Crippen LogP contribution in [0, 0.1) is 0 Å². The number of methoxy groups -OCH3 is 1. The van der Waals surface area contributed by atoms with Crippen LogP contribution in [0.3, 0.4) is 0 Å². The summed E-state index contributed by atoms with van der Waals surface area (Å²) in [6.07, 6.45) is -19.4. The van der Waals surface area contributed by atoms with E-state index >= 15 is 0 Å². The molecule has 0 fully saturated rings. The first kappa shape index (κ1) is 46.9. The van der Waals surface area contributed by atoms with Crippen molar-refractivity contribution >= 4 is 17.9 Å². The van der Waals surface area contributed by atoms with E-state index in [0.29, 0.717) is 12.5 Å². The summed E-state index contributed by atoms with van der Waals surface area (Å²) in [5, 5.41) is 7.89. The van der Waals surface area contributed by atoms with Gasteiger partial charge in [-0.05, 0) is 20.8 Å². The number of halogens is 17. The Morgan fingerprint density at radius 2 is 0.848 bits per heavy atom. The molecule has 0 radical (unpaired) electrons. The summed E-state index contributed by atoms with van der Waals surface area (Å²) in [7, 11) is 1.33. The fourth-order valence-corrected chi connectivity index (χ4v) is 1.90. The lowest BCUT2D eigenvalue weighted by Crippen LogP contribution is -2.73. The zero-order chi connectivity index (χ0) is 38.3. The number of carboxylic acids is 1. The highest BCUT2D eigenvalue weighted by Gasteiger charge is 2.93. The molecule has 6 nitrogen and oxygen atoms in total. The molecule has 1 N–H and O–H groups in total. The lowest BCUT2D eigenvalue weighted by Gasteiger charge is -2.42. The number of carbonyl (C=O) groups is 3. The fraction of sp³-hybridized carbons (Fsp3) is 0.609. The van der Waals surface area contributed by atoms with Crippen LogP contribution in [-0.2, 0) is 23.9 Å². The van der Waals surface area contributed by atoms with Crippen molar-refractivity contribution in [3.63, 3.8) is 0 Å². The number of aliphatic carboxylic acids is 1. The molecule has 0 heterocycles. The van der Waals surface area contributed by atoms with Crippen LogP contribution in [0.1, 0.15) is 33.6 Å². The molecule has 0 atom stereocenters. The fourth-order valence-electron chi connectivity index (χ4n) is 1.90. The zero-order valence-electron chi connectivity index (χ0n) is 23.4. The molecule has 46 heavy (non-hydrogen) atoms. The van der Waals surface area contributed by atoms with E-state index in [1.807, 2.05) is 0 Å². The maximum atomic E-state index is 13.5. The van der Waals surface area contributed by atoms with Crippen molar-refractivity contribution in [2.45, 2.75) is 81.4 Å². The van der Waals surface area contributed by atoms with E-state index in [4.69, 9.17) is 5.11 Å². The van der Waals surface area contributed by atoms with Gasteiger partial charge in [0.15, 0.2) is 0 Å². The second-order valence-corrected chi connectivity index (χ2v) is 8.74. The molecule has 0 rings (SSSR count). The summed E-state index contributed by atoms with van der Waals surface area (Å²) in [6, 6.07) is 0. The van der Waals surface area contributed by atoms with Gasteiger partial charge in [0.25, 0.3) is 0 Å². The van der Waals surface area contributed by atoms with Gasteiger partial charge in [-0.25, -0.2) is 14.4 Å². The average Bonchev–Trinajstić information content (AvgIpc) is 2.86. The summed E-state index contributed by atoms with van der Waals surface area (Å²) in [4.78, 5) is 30.6. The molecular weight excluding hydrogens is 695 g/mol. The van der Waals surface area contributed by atoms with Crippen LogP contribution in [0.4, 0.5) is 74.6 Å². The lowest BCUT2D eigenvalue weighted by molar-refractivity contribution is -0.461. The first-order valence-corrected chi connectivity index (χ1v) is 11.1. The summed E-state index contributed by atoms with van der Waals surface area (Å²) >= 11 is 0. The molecule has 0 aromatic heterocycles. The Balaban J connectivity index is -0.00000118. The number of carbonyl (C=O) groups excluding carboxylic acids is 2. The summed E-state index contributed by atoms with van der Waals surface area (Å²) < 4.78 is 230. The lowest BCUT2D eigenvalue weighted by atomic mass is 9.89. The van der Waals surface area contributed by atoms with Gasteiger partial charge in [0.2, 0.25) is 0 Å². The highest BCUT2D eigenvalue weighted by molar-refractivity contribution is 5.87. The van der Waals surface area contributed by atoms with E-state index in [1.54, 1.807) is 6.92 Å². The van der Waals surface area contributed by atoms with Crippen LogP contribution in [0.5, 0.6) is 0 Å². The molecule has 0 aliphatic carbocycles. The zero-order valence-corrected chi connectivity index (χ0v) is 23.4. The van der Waals surface area contributed by atoms with E-state index < -0.39 is 78.2 Å². The molecule has 23 heteroatoms. The second-order valence-electron chi connectivity index (χ2n) is 8.74. The van der Waals surface area contributed by atoms with E-state index in [-0.39, 0.29) is 11.5 Å². The van der Waals surface area contributed by atoms with Gasteiger partial charge in [-0.15, -0.1) is 0 Å². The quantitative estimate of drug-likeness (QED) is 0.124. The number of hydrogen-bond donors (Lipinski definition) is 1. The van der Waals surface area contributed by atoms with E-state index in [1.165, 1.54) is 14.0 Å². The molecule has 0 aromatic carbocycles. The van der Waals surface area contributed by atoms with Crippen LogP contribution < -0.4 is 0 Å². The normalized spacial score (nSPS) is 13.2. The molecule has 0 aliphatic heterocycles. The second kappa shape index (κ2) is 15.4. The minimum absolute atomic E-state index is 0.176. The van der Waals surface area contributed by atoms with Gasteiger partial charge in [-0.3, -0.25) is 0 Å². The number of hydrogen-bond acceptors (Lipinski definition) is 5. The van der Waals surface area contributed by atoms with Crippen molar-refractivity contribution < 1.29 is 104 Å². The Kier molecular flexibility index (Phi) is 15.6. The third kappa shape index (κ3) is 10.8. The van der Waals surface area contributed by atoms with E-state index in [2.05, 4.69) is 29.2 Å². The number of ether oxygens (including phenoxy) is 2. The molecular formula is C23H23F17O6. The smallest absolute Gasteiger partial charge is 0.473 e. The molecule has 0 saturated carbocycles. The molecule has 0 aromatic rings. The third-order valence-electron chi connectivity index (χ3n) is 4.59. The van der Waals surface area contributed by atoms with Crippen molar-refractivity contribution in [2.75, 3.05) is 7.11 Å². The highest BCUT2D eigenvalue weighted by atomic mass is 19.4. The number of carboxylic acid groups (broad SMARTS) is 1. The molecule has 0 amide bonds. The van der Waals surface area contributed by atoms with Gasteiger partial charge in [-0.2, -0.15) is 74.6 Å². The number of rotatable bonds is 12. The average molecular weight is 718 g/mol. The van der Waals surface area contributed by atoms with Crippen LogP contribution in [0.15, 0.2) is 36.5 Å². The highest BCUT2D eigenvalue weighted by Crippen LogP contribution is 2.62. The Bertz CT molecular complexity index is 1130. The monoisotopic (exact) mass is 718 g/mol. The molecule has 0 bridgehead atoms. The Hall–Kier alpha value is -3.56. The summed E-state index contributed by atoms with van der Waals surface area (Å²) in [5.41, 5.74) is -0.653. The number of esters is 2. The maximum absolute atomic E-state index is 13.5. The summed E-state index contributed by atoms with van der Waals surface area (Å²) in [6.45, 7) is 12.5. The Morgan fingerprint density at radius 3 is 1.09 bits per heavy atom. The van der Waals surface area contributed by atoms with Gasteiger partial charge in [0, 0.05) is 29.6 Å². The van der Waals surface area contributed by atoms with Crippen LogP contribution in [-0.4, -0.2) is 77.9 Å². The minimum Gasteiger partial charge on any atom is -0.478 e. The third-order valence-corrected chi connectivity index (χ3v) is 4.59. The van der Waals surface area contributed by atoms with Crippen molar-refractivity contribution in [3.8, 4) is 0 Å². The molecule has 0 aliphatic rings. The first-order valence-electron chi connectivity index (χ1n) is 11.1. The Labute approximate surface area is 247 Å². The van der Waals surface area contributed by atoms with Crippen LogP contribution >= 0.6 is 0 Å². The van der Waals surface area contributed by atoms with Gasteiger partial charge in [-0.1, -0.05) is 19.7 Å². The minimum atomic E-state index is -8.49. The standard InChI is InChI=1S/C14H9F17O2.C5H8O2.C4H6O2/c1-5(2)6(32)33-14(30,31)13(28,29)12(26,27)11(24,25)10(22,23)9(20,21)7(15,16)3-4-8(17,18)19;1-4(2)5(6)7-3;1-3(2)4(5)6/h1,3-4H2,2H3;1H2,2-3H3;1H2,2H3,(H,5,6). The predicted molar refractivity (Wildman–Crippen MR) is 120 cm³/mol. The largest absolute Gasteiger partial charge is 0.478 e. The molecule has 0 saturated heterocycles.